The van der Waals surface area contributed by atoms with Gasteiger partial charge < -0.3 is 4.74 Å². The summed E-state index contributed by atoms with van der Waals surface area (Å²) in [7, 11) is 0. The van der Waals surface area contributed by atoms with Crippen molar-refractivity contribution in [3.05, 3.63) is 28.8 Å². The maximum absolute atomic E-state index is 12.7. The highest BCUT2D eigenvalue weighted by Gasteiger charge is 2.36. The number of aldehydes is 1. The van der Waals surface area contributed by atoms with E-state index in [-0.39, 0.29) is 12.4 Å². The van der Waals surface area contributed by atoms with Crippen LogP contribution in [0, 0.1) is 0 Å². The second-order valence-corrected chi connectivity index (χ2v) is 3.48. The van der Waals surface area contributed by atoms with Crippen LogP contribution in [0.15, 0.2) is 12.1 Å². The molecule has 1 rings (SSSR count). The fourth-order valence-electron chi connectivity index (χ4n) is 1.45. The molecular weight excluding hydrogens is 275 g/mol. The Morgan fingerprint density at radius 1 is 1.32 bits per heavy atom. The maximum atomic E-state index is 12.7. The van der Waals surface area contributed by atoms with E-state index < -0.39 is 41.0 Å². The molecule has 0 aliphatic carbocycles. The number of benzene rings is 1. The van der Waals surface area contributed by atoms with E-state index in [2.05, 4.69) is 4.74 Å². The Morgan fingerprint density at radius 2 is 1.89 bits per heavy atom. The maximum Gasteiger partial charge on any atom is 0.417 e. The van der Waals surface area contributed by atoms with Crippen LogP contribution in [0.2, 0.25) is 0 Å². The molecule has 0 N–H and O–H groups in total. The Morgan fingerprint density at radius 3 is 2.26 bits per heavy atom. The molecule has 0 bridgehead atoms. The second-order valence-electron chi connectivity index (χ2n) is 3.48. The van der Waals surface area contributed by atoms with Gasteiger partial charge >= 0.3 is 12.8 Å². The van der Waals surface area contributed by atoms with E-state index in [9.17, 15) is 31.5 Å². The predicted molar refractivity (Wildman–Crippen MR) is 53.5 cm³/mol. The molecule has 0 atom stereocenters. The van der Waals surface area contributed by atoms with Crippen LogP contribution in [0.5, 0.6) is 5.75 Å². The molecule has 0 aliphatic heterocycles. The quantitative estimate of drug-likeness (QED) is 0.483. The van der Waals surface area contributed by atoms with Crippen LogP contribution in [0.25, 0.3) is 0 Å². The molecule has 0 aromatic heterocycles. The first-order valence-electron chi connectivity index (χ1n) is 4.83. The molecule has 0 fully saturated rings. The zero-order chi connectivity index (χ0) is 14.8. The molecule has 3 nitrogen and oxygen atoms in total. The van der Waals surface area contributed by atoms with Crippen LogP contribution in [0.4, 0.5) is 22.0 Å². The number of alkyl halides is 5. The van der Waals surface area contributed by atoms with Crippen LogP contribution >= 0.6 is 0 Å². The molecule has 104 valence electrons. The van der Waals surface area contributed by atoms with Gasteiger partial charge in [-0.05, 0) is 19.1 Å². The standard InChI is InChI=1S/C11H7F5O3/c1-5(18)7-2-6(19-10(12)13)3-9(8(7)4-17)11(14,15)16/h2-4,10H,1H3. The molecule has 1 aromatic rings. The van der Waals surface area contributed by atoms with Crippen molar-refractivity contribution in [1.82, 2.24) is 0 Å². The Kier molecular flexibility index (Phi) is 4.23. The van der Waals surface area contributed by atoms with E-state index in [4.69, 9.17) is 0 Å². The third kappa shape index (κ3) is 3.49. The highest BCUT2D eigenvalue weighted by atomic mass is 19.4. The number of ketones is 1. The summed E-state index contributed by atoms with van der Waals surface area (Å²) in [5, 5.41) is 0. The van der Waals surface area contributed by atoms with E-state index in [0.717, 1.165) is 6.92 Å². The van der Waals surface area contributed by atoms with Crippen molar-refractivity contribution >= 4 is 12.1 Å². The third-order valence-electron chi connectivity index (χ3n) is 2.18. The number of halogens is 5. The van der Waals surface area contributed by atoms with E-state index >= 15 is 0 Å². The summed E-state index contributed by atoms with van der Waals surface area (Å²) in [6.07, 6.45) is -5.12. The monoisotopic (exact) mass is 282 g/mol. The van der Waals surface area contributed by atoms with Crippen LogP contribution in [0.1, 0.15) is 33.2 Å². The summed E-state index contributed by atoms with van der Waals surface area (Å²) in [6, 6.07) is 0.926. The largest absolute Gasteiger partial charge is 0.435 e. The first-order chi connectivity index (χ1) is 8.66. The lowest BCUT2D eigenvalue weighted by atomic mass is 9.98. The minimum atomic E-state index is -4.97. The molecule has 0 amide bonds. The van der Waals surface area contributed by atoms with Gasteiger partial charge in [0.1, 0.15) is 5.75 Å². The molecule has 0 unspecified atom stereocenters. The van der Waals surface area contributed by atoms with Gasteiger partial charge in [-0.2, -0.15) is 22.0 Å². The van der Waals surface area contributed by atoms with E-state index in [1.54, 1.807) is 0 Å². The third-order valence-corrected chi connectivity index (χ3v) is 2.18. The van der Waals surface area contributed by atoms with Crippen LogP contribution in [-0.2, 0) is 6.18 Å². The van der Waals surface area contributed by atoms with E-state index in [1.165, 1.54) is 0 Å². The van der Waals surface area contributed by atoms with Crippen molar-refractivity contribution in [3.8, 4) is 5.75 Å². The Labute approximate surface area is 104 Å². The molecule has 0 spiro atoms. The van der Waals surface area contributed by atoms with Crippen molar-refractivity contribution in [1.29, 1.82) is 0 Å². The number of rotatable bonds is 4. The van der Waals surface area contributed by atoms with Gasteiger partial charge in [0.2, 0.25) is 0 Å². The van der Waals surface area contributed by atoms with Gasteiger partial charge in [-0.15, -0.1) is 0 Å². The zero-order valence-electron chi connectivity index (χ0n) is 9.42. The molecule has 1 aromatic carbocycles. The van der Waals surface area contributed by atoms with E-state index in [0.29, 0.717) is 6.07 Å². The molecule has 0 aliphatic rings. The van der Waals surface area contributed by atoms with Crippen LogP contribution in [0.3, 0.4) is 0 Å². The number of hydrogen-bond acceptors (Lipinski definition) is 3. The van der Waals surface area contributed by atoms with Crippen molar-refractivity contribution in [2.75, 3.05) is 0 Å². The van der Waals surface area contributed by atoms with Crippen LogP contribution in [-0.4, -0.2) is 18.7 Å². The van der Waals surface area contributed by atoms with Gasteiger partial charge in [0.25, 0.3) is 0 Å². The molecule has 0 saturated heterocycles. The van der Waals surface area contributed by atoms with Gasteiger partial charge in [0, 0.05) is 11.1 Å². The van der Waals surface area contributed by atoms with Crippen molar-refractivity contribution < 1.29 is 36.3 Å². The fourth-order valence-corrected chi connectivity index (χ4v) is 1.45. The normalized spacial score (nSPS) is 11.5. The highest BCUT2D eigenvalue weighted by Crippen LogP contribution is 2.36. The van der Waals surface area contributed by atoms with Gasteiger partial charge in [0.05, 0.1) is 5.56 Å². The summed E-state index contributed by atoms with van der Waals surface area (Å²) < 4.78 is 65.9. The van der Waals surface area contributed by atoms with Crippen molar-refractivity contribution in [3.63, 3.8) is 0 Å². The first kappa shape index (κ1) is 15.1. The summed E-state index contributed by atoms with van der Waals surface area (Å²) in [5.41, 5.74) is -3.02. The van der Waals surface area contributed by atoms with E-state index in [1.807, 2.05) is 0 Å². The average Bonchev–Trinajstić information content (AvgIpc) is 2.25. The Bertz CT molecular complexity index is 508. The van der Waals surface area contributed by atoms with Gasteiger partial charge in [-0.3, -0.25) is 9.59 Å². The number of ether oxygens (including phenoxy) is 1. The number of Topliss-reactive ketones (excluding diaryl/α,β-unsaturated/α-hetero) is 1. The highest BCUT2D eigenvalue weighted by molar-refractivity contribution is 6.02. The van der Waals surface area contributed by atoms with Gasteiger partial charge in [-0.1, -0.05) is 0 Å². The molecule has 0 heterocycles. The molecular formula is C11H7F5O3. The SMILES string of the molecule is CC(=O)c1cc(OC(F)F)cc(C(F)(F)F)c1C=O. The smallest absolute Gasteiger partial charge is 0.417 e. The number of hydrogen-bond donors (Lipinski definition) is 0. The summed E-state index contributed by atoms with van der Waals surface area (Å²) in [6.45, 7) is -2.43. The average molecular weight is 282 g/mol. The van der Waals surface area contributed by atoms with Crippen molar-refractivity contribution in [2.45, 2.75) is 19.7 Å². The lowest BCUT2D eigenvalue weighted by molar-refractivity contribution is -0.138. The Balaban J connectivity index is 3.54. The Hall–Kier alpha value is -1.99. The number of carbonyl (C=O) groups excluding carboxylic acids is 2. The van der Waals surface area contributed by atoms with Gasteiger partial charge in [-0.25, -0.2) is 0 Å². The zero-order valence-corrected chi connectivity index (χ0v) is 9.42. The predicted octanol–water partition coefficient (Wildman–Crippen LogP) is 3.32. The summed E-state index contributed by atoms with van der Waals surface area (Å²) in [4.78, 5) is 21.9. The number of carbonyl (C=O) groups is 2. The topological polar surface area (TPSA) is 43.4 Å². The molecule has 8 heteroatoms. The lowest BCUT2D eigenvalue weighted by Gasteiger charge is -2.14. The van der Waals surface area contributed by atoms with Crippen molar-refractivity contribution in [2.24, 2.45) is 0 Å². The summed E-state index contributed by atoms with van der Waals surface area (Å²) in [5.74, 6) is -1.70. The first-order valence-corrected chi connectivity index (χ1v) is 4.83. The lowest BCUT2D eigenvalue weighted by Crippen LogP contribution is -2.14. The van der Waals surface area contributed by atoms with Gasteiger partial charge in [0.15, 0.2) is 12.1 Å². The molecule has 19 heavy (non-hydrogen) atoms. The minimum Gasteiger partial charge on any atom is -0.435 e. The summed E-state index contributed by atoms with van der Waals surface area (Å²) >= 11 is 0. The second kappa shape index (κ2) is 5.33. The molecule has 0 radical (unpaired) electrons. The molecule has 0 saturated carbocycles. The fraction of sp³-hybridized carbons (Fsp3) is 0.273. The minimum absolute atomic E-state index is 0.147. The van der Waals surface area contributed by atoms with Crippen LogP contribution < -0.4 is 4.74 Å².